The number of hydrogen-bond acceptors (Lipinski definition) is 4. The first-order valence-corrected chi connectivity index (χ1v) is 7.24. The van der Waals surface area contributed by atoms with Crippen LogP contribution < -0.4 is 10.1 Å². The molecule has 1 N–H and O–H groups in total. The van der Waals surface area contributed by atoms with Crippen LogP contribution in [-0.4, -0.2) is 50.8 Å². The van der Waals surface area contributed by atoms with Gasteiger partial charge in [0.15, 0.2) is 0 Å². The van der Waals surface area contributed by atoms with Gasteiger partial charge in [-0.25, -0.2) is 0 Å². The van der Waals surface area contributed by atoms with Crippen LogP contribution in [0.5, 0.6) is 5.75 Å². The van der Waals surface area contributed by atoms with Crippen molar-refractivity contribution in [2.75, 3.05) is 33.9 Å². The zero-order chi connectivity index (χ0) is 15.4. The number of carbonyl (C=O) groups is 1. The van der Waals surface area contributed by atoms with E-state index in [2.05, 4.69) is 17.4 Å². The summed E-state index contributed by atoms with van der Waals surface area (Å²) in [7, 11) is 3.49. The summed E-state index contributed by atoms with van der Waals surface area (Å²) in [5.74, 6) is 0.931. The molecule has 1 fully saturated rings. The summed E-state index contributed by atoms with van der Waals surface area (Å²) in [6.07, 6.45) is -0.371. The Morgan fingerprint density at radius 1 is 1.43 bits per heavy atom. The van der Waals surface area contributed by atoms with Gasteiger partial charge in [-0.1, -0.05) is 12.1 Å². The molecular weight excluding hydrogens is 268 g/mol. The van der Waals surface area contributed by atoms with Crippen LogP contribution >= 0.6 is 0 Å². The first kappa shape index (κ1) is 15.8. The summed E-state index contributed by atoms with van der Waals surface area (Å²) < 4.78 is 10.9. The minimum Gasteiger partial charge on any atom is -0.496 e. The number of methoxy groups -OCH3 is 1. The fraction of sp³-hybridized carbons (Fsp3) is 0.562. The van der Waals surface area contributed by atoms with Crippen molar-refractivity contribution < 1.29 is 14.3 Å². The number of aryl methyl sites for hydroxylation is 2. The Bertz CT molecular complexity index is 487. The highest BCUT2D eigenvalue weighted by molar-refractivity contribution is 5.81. The zero-order valence-electron chi connectivity index (χ0n) is 13.2. The average molecular weight is 292 g/mol. The molecule has 1 aliphatic rings. The molecule has 0 radical (unpaired) electrons. The molecule has 0 spiro atoms. The normalized spacial score (nSPS) is 18.4. The minimum atomic E-state index is -0.371. The van der Waals surface area contributed by atoms with E-state index in [0.29, 0.717) is 19.7 Å². The number of rotatable bonds is 4. The van der Waals surface area contributed by atoms with Gasteiger partial charge >= 0.3 is 0 Å². The molecule has 0 aliphatic carbocycles. The van der Waals surface area contributed by atoms with E-state index in [4.69, 9.17) is 9.47 Å². The van der Waals surface area contributed by atoms with Gasteiger partial charge in [-0.05, 0) is 30.5 Å². The molecule has 1 atom stereocenters. The van der Waals surface area contributed by atoms with E-state index in [-0.39, 0.29) is 12.0 Å². The summed E-state index contributed by atoms with van der Waals surface area (Å²) in [5.41, 5.74) is 3.28. The highest BCUT2D eigenvalue weighted by Crippen LogP contribution is 2.24. The van der Waals surface area contributed by atoms with Crippen molar-refractivity contribution in [3.63, 3.8) is 0 Å². The van der Waals surface area contributed by atoms with E-state index in [1.807, 2.05) is 20.9 Å². The minimum absolute atomic E-state index is 0.0216. The molecule has 1 aromatic carbocycles. The molecule has 116 valence electrons. The molecule has 5 heteroatoms. The second-order valence-corrected chi connectivity index (χ2v) is 5.52. The van der Waals surface area contributed by atoms with E-state index < -0.39 is 0 Å². The van der Waals surface area contributed by atoms with Crippen LogP contribution in [0.15, 0.2) is 12.1 Å². The third-order valence-corrected chi connectivity index (χ3v) is 3.72. The number of benzene rings is 1. The predicted molar refractivity (Wildman–Crippen MR) is 81.6 cm³/mol. The number of hydrogen-bond donors (Lipinski definition) is 1. The first-order chi connectivity index (χ1) is 10.0. The van der Waals surface area contributed by atoms with Gasteiger partial charge in [0, 0.05) is 26.7 Å². The average Bonchev–Trinajstić information content (AvgIpc) is 2.47. The number of nitrogens with one attached hydrogen (secondary N) is 1. The molecule has 1 aromatic rings. The number of likely N-dealkylation sites (N-methyl/N-ethyl adjacent to an activating group) is 1. The number of carbonyl (C=O) groups excluding carboxylic acids is 1. The largest absolute Gasteiger partial charge is 0.496 e. The van der Waals surface area contributed by atoms with Crippen LogP contribution in [-0.2, 0) is 16.1 Å². The van der Waals surface area contributed by atoms with E-state index in [1.54, 1.807) is 12.0 Å². The second-order valence-electron chi connectivity index (χ2n) is 5.52. The van der Waals surface area contributed by atoms with Crippen molar-refractivity contribution in [2.45, 2.75) is 26.5 Å². The van der Waals surface area contributed by atoms with Gasteiger partial charge in [-0.3, -0.25) is 4.79 Å². The lowest BCUT2D eigenvalue weighted by molar-refractivity contribution is -0.144. The van der Waals surface area contributed by atoms with E-state index in [1.165, 1.54) is 0 Å². The lowest BCUT2D eigenvalue weighted by Gasteiger charge is -2.27. The summed E-state index contributed by atoms with van der Waals surface area (Å²) >= 11 is 0. The van der Waals surface area contributed by atoms with Crippen LogP contribution in [0, 0.1) is 13.8 Å². The molecule has 1 unspecified atom stereocenters. The maximum atomic E-state index is 12.3. The van der Waals surface area contributed by atoms with Crippen LogP contribution in [0.2, 0.25) is 0 Å². The van der Waals surface area contributed by atoms with Crippen LogP contribution in [0.4, 0.5) is 0 Å². The lowest BCUT2D eigenvalue weighted by atomic mass is 10.1. The maximum absolute atomic E-state index is 12.3. The SMILES string of the molecule is COc1c(C)cc(CN(C)C(=O)C2CNCCO2)cc1C. The Labute approximate surface area is 126 Å². The summed E-state index contributed by atoms with van der Waals surface area (Å²) in [6.45, 7) is 6.60. The predicted octanol–water partition coefficient (Wildman–Crippen LogP) is 1.26. The molecule has 5 nitrogen and oxygen atoms in total. The topological polar surface area (TPSA) is 50.8 Å². The van der Waals surface area contributed by atoms with Gasteiger partial charge in [-0.15, -0.1) is 0 Å². The Hall–Kier alpha value is -1.59. The molecule has 0 bridgehead atoms. The Kier molecular flexibility index (Phi) is 5.20. The van der Waals surface area contributed by atoms with Gasteiger partial charge in [0.2, 0.25) is 0 Å². The number of ether oxygens (including phenoxy) is 2. The Morgan fingerprint density at radius 3 is 2.62 bits per heavy atom. The first-order valence-electron chi connectivity index (χ1n) is 7.24. The van der Waals surface area contributed by atoms with Gasteiger partial charge in [-0.2, -0.15) is 0 Å². The number of nitrogens with zero attached hydrogens (tertiary/aromatic N) is 1. The molecule has 1 amide bonds. The molecule has 1 saturated heterocycles. The molecule has 1 heterocycles. The quantitative estimate of drug-likeness (QED) is 0.908. The van der Waals surface area contributed by atoms with Gasteiger partial charge in [0.05, 0.1) is 13.7 Å². The Morgan fingerprint density at radius 2 is 2.10 bits per heavy atom. The van der Waals surface area contributed by atoms with Crippen LogP contribution in [0.3, 0.4) is 0 Å². The van der Waals surface area contributed by atoms with Gasteiger partial charge in [0.1, 0.15) is 11.9 Å². The van der Waals surface area contributed by atoms with E-state index in [0.717, 1.165) is 29.0 Å². The number of amides is 1. The molecule has 21 heavy (non-hydrogen) atoms. The van der Waals surface area contributed by atoms with Crippen molar-refractivity contribution in [1.82, 2.24) is 10.2 Å². The monoisotopic (exact) mass is 292 g/mol. The summed E-state index contributed by atoms with van der Waals surface area (Å²) in [4.78, 5) is 14.1. The fourth-order valence-electron chi connectivity index (χ4n) is 2.77. The molecule has 2 rings (SSSR count). The smallest absolute Gasteiger partial charge is 0.253 e. The molecular formula is C16H24N2O3. The molecule has 0 aromatic heterocycles. The van der Waals surface area contributed by atoms with Crippen LogP contribution in [0.1, 0.15) is 16.7 Å². The van der Waals surface area contributed by atoms with Crippen molar-refractivity contribution >= 4 is 5.91 Å². The third-order valence-electron chi connectivity index (χ3n) is 3.72. The Balaban J connectivity index is 2.05. The third kappa shape index (κ3) is 3.74. The highest BCUT2D eigenvalue weighted by atomic mass is 16.5. The zero-order valence-corrected chi connectivity index (χ0v) is 13.2. The fourth-order valence-corrected chi connectivity index (χ4v) is 2.77. The summed E-state index contributed by atoms with van der Waals surface area (Å²) in [6, 6.07) is 4.13. The van der Waals surface area contributed by atoms with Gasteiger partial charge < -0.3 is 19.7 Å². The lowest BCUT2D eigenvalue weighted by Crippen LogP contribution is -2.48. The summed E-state index contributed by atoms with van der Waals surface area (Å²) in [5, 5.41) is 3.18. The van der Waals surface area contributed by atoms with Crippen molar-refractivity contribution in [2.24, 2.45) is 0 Å². The van der Waals surface area contributed by atoms with Crippen LogP contribution in [0.25, 0.3) is 0 Å². The maximum Gasteiger partial charge on any atom is 0.253 e. The highest BCUT2D eigenvalue weighted by Gasteiger charge is 2.25. The number of morpholine rings is 1. The van der Waals surface area contributed by atoms with Crippen molar-refractivity contribution in [3.05, 3.63) is 28.8 Å². The molecule has 1 aliphatic heterocycles. The second kappa shape index (κ2) is 6.91. The van der Waals surface area contributed by atoms with Crippen molar-refractivity contribution in [3.8, 4) is 5.75 Å². The van der Waals surface area contributed by atoms with Gasteiger partial charge in [0.25, 0.3) is 5.91 Å². The van der Waals surface area contributed by atoms with E-state index in [9.17, 15) is 4.79 Å². The van der Waals surface area contributed by atoms with Crippen molar-refractivity contribution in [1.29, 1.82) is 0 Å². The van der Waals surface area contributed by atoms with E-state index >= 15 is 0 Å². The molecule has 0 saturated carbocycles. The standard InChI is InChI=1S/C16H24N2O3/c1-11-7-13(8-12(2)15(11)20-4)10-18(3)16(19)14-9-17-5-6-21-14/h7-8,14,17H,5-6,9-10H2,1-4H3.